The fourth-order valence-electron chi connectivity index (χ4n) is 3.93. The highest BCUT2D eigenvalue weighted by molar-refractivity contribution is 7.89. The molecule has 0 amide bonds. The van der Waals surface area contributed by atoms with Crippen LogP contribution in [0.25, 0.3) is 16.5 Å². The first-order chi connectivity index (χ1) is 14.3. The number of halogens is 1. The van der Waals surface area contributed by atoms with Crippen molar-refractivity contribution in [1.82, 2.24) is 14.6 Å². The lowest BCUT2D eigenvalue weighted by Crippen LogP contribution is -2.37. The van der Waals surface area contributed by atoms with Crippen LogP contribution < -0.4 is 4.72 Å². The van der Waals surface area contributed by atoms with Gasteiger partial charge in [0.2, 0.25) is 10.0 Å². The van der Waals surface area contributed by atoms with Crippen LogP contribution in [0.15, 0.2) is 53.4 Å². The SMILES string of the molecule is Cc1[nH]c2ccc(Cl)cc2c1C1=CCN(CCNS(=O)(=O)c2cccc(O)c2)CC1. The van der Waals surface area contributed by atoms with E-state index in [0.717, 1.165) is 41.1 Å². The van der Waals surface area contributed by atoms with Gasteiger partial charge in [0.25, 0.3) is 0 Å². The molecule has 0 saturated carbocycles. The zero-order valence-corrected chi connectivity index (χ0v) is 18.2. The maximum atomic E-state index is 12.4. The Balaban J connectivity index is 1.39. The van der Waals surface area contributed by atoms with Crippen LogP contribution in [0.2, 0.25) is 5.02 Å². The second kappa shape index (κ2) is 8.43. The number of aromatic nitrogens is 1. The van der Waals surface area contributed by atoms with Crippen LogP contribution in [-0.2, 0) is 10.0 Å². The third kappa shape index (κ3) is 4.39. The maximum Gasteiger partial charge on any atom is 0.240 e. The van der Waals surface area contributed by atoms with Crippen LogP contribution in [0.3, 0.4) is 0 Å². The van der Waals surface area contributed by atoms with Gasteiger partial charge in [0.05, 0.1) is 4.90 Å². The molecule has 30 heavy (non-hydrogen) atoms. The third-order valence-electron chi connectivity index (χ3n) is 5.41. The molecule has 0 saturated heterocycles. The van der Waals surface area contributed by atoms with Crippen LogP contribution in [0.1, 0.15) is 17.7 Å². The van der Waals surface area contributed by atoms with E-state index < -0.39 is 10.0 Å². The summed E-state index contributed by atoms with van der Waals surface area (Å²) < 4.78 is 27.3. The second-order valence-corrected chi connectivity index (χ2v) is 9.69. The van der Waals surface area contributed by atoms with Crippen LogP contribution >= 0.6 is 11.6 Å². The molecule has 0 bridgehead atoms. The third-order valence-corrected chi connectivity index (χ3v) is 7.10. The molecule has 6 nitrogen and oxygen atoms in total. The normalized spacial score (nSPS) is 15.5. The van der Waals surface area contributed by atoms with Gasteiger partial charge in [-0.05, 0) is 55.3 Å². The van der Waals surface area contributed by atoms with Gasteiger partial charge in [0.1, 0.15) is 5.75 Å². The highest BCUT2D eigenvalue weighted by Gasteiger charge is 2.19. The summed E-state index contributed by atoms with van der Waals surface area (Å²) in [7, 11) is -3.63. The first kappa shape index (κ1) is 20.9. The number of nitrogens with zero attached hydrogens (tertiary/aromatic N) is 1. The van der Waals surface area contributed by atoms with Gasteiger partial charge in [0.15, 0.2) is 0 Å². The Labute approximate surface area is 181 Å². The molecule has 3 aromatic rings. The first-order valence-electron chi connectivity index (χ1n) is 9.82. The van der Waals surface area contributed by atoms with Crippen LogP contribution in [0.5, 0.6) is 5.75 Å². The standard InChI is InChI=1S/C22H24ClN3O3S/c1-15-22(20-13-17(23)5-6-21(20)25-15)16-7-10-26(11-8-16)12-9-24-30(28,29)19-4-2-3-18(27)14-19/h2-7,13-14,24-25,27H,8-12H2,1H3. The number of benzene rings is 2. The number of hydrogen-bond donors (Lipinski definition) is 3. The molecular weight excluding hydrogens is 422 g/mol. The van der Waals surface area contributed by atoms with Crippen molar-refractivity contribution in [2.45, 2.75) is 18.2 Å². The van der Waals surface area contributed by atoms with Crippen molar-refractivity contribution in [2.24, 2.45) is 0 Å². The van der Waals surface area contributed by atoms with E-state index >= 15 is 0 Å². The van der Waals surface area contributed by atoms with Crippen LogP contribution in [0.4, 0.5) is 0 Å². The Morgan fingerprint density at radius 1 is 1.23 bits per heavy atom. The molecule has 4 rings (SSSR count). The number of H-pyrrole nitrogens is 1. The summed E-state index contributed by atoms with van der Waals surface area (Å²) in [4.78, 5) is 5.71. The van der Waals surface area contributed by atoms with Crippen molar-refractivity contribution in [3.05, 3.63) is 64.8 Å². The zero-order chi connectivity index (χ0) is 21.3. The summed E-state index contributed by atoms with van der Waals surface area (Å²) in [6.45, 7) is 4.61. The summed E-state index contributed by atoms with van der Waals surface area (Å²) in [5.41, 5.74) is 4.72. The van der Waals surface area contributed by atoms with E-state index in [2.05, 4.69) is 27.6 Å². The number of sulfonamides is 1. The number of aryl methyl sites for hydroxylation is 1. The number of rotatable bonds is 6. The Morgan fingerprint density at radius 3 is 2.80 bits per heavy atom. The monoisotopic (exact) mass is 445 g/mol. The Morgan fingerprint density at radius 2 is 2.07 bits per heavy atom. The first-order valence-corrected chi connectivity index (χ1v) is 11.7. The predicted molar refractivity (Wildman–Crippen MR) is 120 cm³/mol. The van der Waals surface area contributed by atoms with E-state index in [0.29, 0.717) is 13.1 Å². The molecule has 2 heterocycles. The average molecular weight is 446 g/mol. The lowest BCUT2D eigenvalue weighted by Gasteiger charge is -2.26. The number of hydrogen-bond acceptors (Lipinski definition) is 4. The minimum atomic E-state index is -3.63. The molecule has 2 aromatic carbocycles. The summed E-state index contributed by atoms with van der Waals surface area (Å²) >= 11 is 6.20. The molecule has 0 aliphatic carbocycles. The average Bonchev–Trinajstić information content (AvgIpc) is 3.03. The number of aromatic hydroxyl groups is 1. The molecule has 0 atom stereocenters. The van der Waals surface area contributed by atoms with E-state index in [1.807, 2.05) is 18.2 Å². The van der Waals surface area contributed by atoms with Gasteiger partial charge in [-0.1, -0.05) is 23.7 Å². The van der Waals surface area contributed by atoms with E-state index in [4.69, 9.17) is 11.6 Å². The van der Waals surface area contributed by atoms with Gasteiger partial charge >= 0.3 is 0 Å². The van der Waals surface area contributed by atoms with Crippen molar-refractivity contribution in [2.75, 3.05) is 26.2 Å². The molecule has 1 aliphatic heterocycles. The smallest absolute Gasteiger partial charge is 0.240 e. The summed E-state index contributed by atoms with van der Waals surface area (Å²) in [5, 5.41) is 11.4. The summed E-state index contributed by atoms with van der Waals surface area (Å²) in [6.07, 6.45) is 3.10. The minimum absolute atomic E-state index is 0.0665. The van der Waals surface area contributed by atoms with Crippen molar-refractivity contribution in [3.8, 4) is 5.75 Å². The maximum absolute atomic E-state index is 12.4. The topological polar surface area (TPSA) is 85.4 Å². The lowest BCUT2D eigenvalue weighted by molar-refractivity contribution is 0.307. The van der Waals surface area contributed by atoms with Crippen LogP contribution in [0, 0.1) is 6.92 Å². The van der Waals surface area contributed by atoms with Gasteiger partial charge in [-0.3, -0.25) is 4.90 Å². The molecule has 0 fully saturated rings. The highest BCUT2D eigenvalue weighted by atomic mass is 35.5. The molecule has 1 aliphatic rings. The molecule has 1 aromatic heterocycles. The fraction of sp³-hybridized carbons (Fsp3) is 0.273. The Bertz CT molecular complexity index is 1220. The van der Waals surface area contributed by atoms with E-state index in [1.165, 1.54) is 35.4 Å². The van der Waals surface area contributed by atoms with Crippen molar-refractivity contribution in [3.63, 3.8) is 0 Å². The lowest BCUT2D eigenvalue weighted by atomic mass is 9.97. The Kier molecular flexibility index (Phi) is 5.88. The van der Waals surface area contributed by atoms with E-state index in [9.17, 15) is 13.5 Å². The molecule has 0 unspecified atom stereocenters. The number of nitrogens with one attached hydrogen (secondary N) is 2. The minimum Gasteiger partial charge on any atom is -0.508 e. The molecule has 0 spiro atoms. The van der Waals surface area contributed by atoms with Gasteiger partial charge in [-0.2, -0.15) is 0 Å². The summed E-state index contributed by atoms with van der Waals surface area (Å²) in [5.74, 6) is -0.0690. The van der Waals surface area contributed by atoms with Crippen LogP contribution in [-0.4, -0.2) is 49.6 Å². The molecule has 8 heteroatoms. The summed E-state index contributed by atoms with van der Waals surface area (Å²) in [6, 6.07) is 11.6. The number of aromatic amines is 1. The molecule has 158 valence electrons. The van der Waals surface area contributed by atoms with E-state index in [-0.39, 0.29) is 10.6 Å². The quantitative estimate of drug-likeness (QED) is 0.537. The molecule has 0 radical (unpaired) electrons. The molecule has 3 N–H and O–H groups in total. The van der Waals surface area contributed by atoms with Gasteiger partial charge < -0.3 is 10.1 Å². The Hall–Kier alpha value is -2.32. The number of phenolic OH excluding ortho intramolecular Hbond substituents is 1. The van der Waals surface area contributed by atoms with Crippen molar-refractivity contribution < 1.29 is 13.5 Å². The van der Waals surface area contributed by atoms with Crippen molar-refractivity contribution >= 4 is 38.1 Å². The van der Waals surface area contributed by atoms with Gasteiger partial charge in [-0.25, -0.2) is 13.1 Å². The number of phenols is 1. The van der Waals surface area contributed by atoms with Gasteiger partial charge in [-0.15, -0.1) is 0 Å². The predicted octanol–water partition coefficient (Wildman–Crippen LogP) is 3.90. The zero-order valence-electron chi connectivity index (χ0n) is 16.7. The highest BCUT2D eigenvalue weighted by Crippen LogP contribution is 2.33. The van der Waals surface area contributed by atoms with Crippen molar-refractivity contribution in [1.29, 1.82) is 0 Å². The van der Waals surface area contributed by atoms with Gasteiger partial charge in [0, 0.05) is 53.4 Å². The second-order valence-electron chi connectivity index (χ2n) is 7.49. The molecular formula is C22H24ClN3O3S. The fourth-order valence-corrected chi connectivity index (χ4v) is 5.16. The largest absolute Gasteiger partial charge is 0.508 e. The number of fused-ring (bicyclic) bond motifs is 1. The van der Waals surface area contributed by atoms with E-state index in [1.54, 1.807) is 0 Å².